The van der Waals surface area contributed by atoms with Gasteiger partial charge in [-0.1, -0.05) is 0 Å². The number of ether oxygens (including phenoxy) is 1. The molecule has 0 aliphatic carbocycles. The number of primary sulfonamides is 1. The topological polar surface area (TPSA) is 69.4 Å². The van der Waals surface area contributed by atoms with Crippen molar-refractivity contribution in [1.82, 2.24) is 0 Å². The zero-order valence-corrected chi connectivity index (χ0v) is 8.81. The van der Waals surface area contributed by atoms with Gasteiger partial charge in [0.1, 0.15) is 0 Å². The van der Waals surface area contributed by atoms with Gasteiger partial charge in [-0.05, 0) is 27.2 Å². The molecule has 0 radical (unpaired) electrons. The van der Waals surface area contributed by atoms with Gasteiger partial charge in [-0.2, -0.15) is 0 Å². The van der Waals surface area contributed by atoms with Gasteiger partial charge in [0.2, 0.25) is 10.0 Å². The van der Waals surface area contributed by atoms with Crippen molar-refractivity contribution in [2.75, 3.05) is 7.11 Å². The normalized spacial score (nSPS) is 16.1. The second kappa shape index (κ2) is 3.72. The van der Waals surface area contributed by atoms with Gasteiger partial charge in [0.15, 0.2) is 0 Å². The number of hydrogen-bond acceptors (Lipinski definition) is 3. The maximum Gasteiger partial charge on any atom is 0.211 e. The number of nitrogens with two attached hydrogens (primary N) is 1. The van der Waals surface area contributed by atoms with E-state index in [1.807, 2.05) is 13.8 Å². The van der Waals surface area contributed by atoms with Gasteiger partial charge in [0, 0.05) is 7.11 Å². The van der Waals surface area contributed by atoms with Crippen molar-refractivity contribution in [2.45, 2.75) is 38.0 Å². The SMILES string of the molecule is COC(C)(C)CC(C)S(N)(=O)=O. The number of sulfonamides is 1. The Balaban J connectivity index is 4.29. The van der Waals surface area contributed by atoms with E-state index in [-0.39, 0.29) is 0 Å². The standard InChI is InChI=1S/C7H17NO3S/c1-6(12(8,9)10)5-7(2,3)11-4/h6H,5H2,1-4H3,(H2,8,9,10). The van der Waals surface area contributed by atoms with Crippen LogP contribution in [0.3, 0.4) is 0 Å². The van der Waals surface area contributed by atoms with Gasteiger partial charge >= 0.3 is 0 Å². The van der Waals surface area contributed by atoms with E-state index in [0.29, 0.717) is 6.42 Å². The highest BCUT2D eigenvalue weighted by molar-refractivity contribution is 7.89. The van der Waals surface area contributed by atoms with Gasteiger partial charge < -0.3 is 4.74 Å². The molecule has 0 rings (SSSR count). The van der Waals surface area contributed by atoms with Gasteiger partial charge in [-0.15, -0.1) is 0 Å². The number of hydrogen-bond donors (Lipinski definition) is 1. The molecular weight excluding hydrogens is 178 g/mol. The Bertz CT molecular complexity index is 233. The van der Waals surface area contributed by atoms with Crippen LogP contribution < -0.4 is 5.14 Å². The first kappa shape index (κ1) is 11.9. The van der Waals surface area contributed by atoms with Crippen LogP contribution in [-0.4, -0.2) is 26.4 Å². The van der Waals surface area contributed by atoms with Crippen LogP contribution in [0, 0.1) is 0 Å². The van der Waals surface area contributed by atoms with E-state index < -0.39 is 20.9 Å². The molecule has 0 amide bonds. The first-order chi connectivity index (χ1) is 5.19. The summed E-state index contributed by atoms with van der Waals surface area (Å²) in [6.07, 6.45) is 0.405. The molecule has 5 heteroatoms. The smallest absolute Gasteiger partial charge is 0.211 e. The number of rotatable bonds is 4. The lowest BCUT2D eigenvalue weighted by atomic mass is 10.0. The maximum absolute atomic E-state index is 10.8. The predicted molar refractivity (Wildman–Crippen MR) is 48.3 cm³/mol. The summed E-state index contributed by atoms with van der Waals surface area (Å²) in [5, 5.41) is 4.39. The fraction of sp³-hybridized carbons (Fsp3) is 1.00. The summed E-state index contributed by atoms with van der Waals surface area (Å²) in [5.74, 6) is 0. The van der Waals surface area contributed by atoms with E-state index >= 15 is 0 Å². The summed E-state index contributed by atoms with van der Waals surface area (Å²) in [6.45, 7) is 5.24. The molecule has 0 bridgehead atoms. The maximum atomic E-state index is 10.8. The first-order valence-electron chi connectivity index (χ1n) is 3.76. The zero-order valence-electron chi connectivity index (χ0n) is 7.99. The van der Waals surface area contributed by atoms with Crippen LogP contribution in [0.5, 0.6) is 0 Å². The lowest BCUT2D eigenvalue weighted by Crippen LogP contribution is -2.34. The van der Waals surface area contributed by atoms with Crippen LogP contribution in [0.4, 0.5) is 0 Å². The molecule has 4 nitrogen and oxygen atoms in total. The number of methoxy groups -OCH3 is 1. The van der Waals surface area contributed by atoms with Crippen LogP contribution in [0.2, 0.25) is 0 Å². The Morgan fingerprint density at radius 3 is 2.17 bits per heavy atom. The largest absolute Gasteiger partial charge is 0.379 e. The van der Waals surface area contributed by atoms with Crippen molar-refractivity contribution in [3.05, 3.63) is 0 Å². The Hall–Kier alpha value is -0.130. The average Bonchev–Trinajstić information content (AvgIpc) is 1.85. The second-order valence-electron chi connectivity index (χ2n) is 3.57. The summed E-state index contributed by atoms with van der Waals surface area (Å²) in [4.78, 5) is 0. The van der Waals surface area contributed by atoms with Crippen LogP contribution >= 0.6 is 0 Å². The fourth-order valence-corrected chi connectivity index (χ4v) is 1.53. The third-order valence-corrected chi connectivity index (χ3v) is 3.18. The Morgan fingerprint density at radius 2 is 1.92 bits per heavy atom. The minimum absolute atomic E-state index is 0.405. The molecule has 0 aromatic rings. The Labute approximate surface area is 74.1 Å². The van der Waals surface area contributed by atoms with Crippen LogP contribution in [0.15, 0.2) is 0 Å². The third-order valence-electron chi connectivity index (χ3n) is 1.89. The molecule has 1 atom stereocenters. The van der Waals surface area contributed by atoms with Gasteiger partial charge in [-0.25, -0.2) is 13.6 Å². The summed E-state index contributed by atoms with van der Waals surface area (Å²) >= 11 is 0. The molecule has 0 aromatic heterocycles. The monoisotopic (exact) mass is 195 g/mol. The summed E-state index contributed by atoms with van der Waals surface area (Å²) < 4.78 is 26.8. The van der Waals surface area contributed by atoms with Gasteiger partial charge in [-0.3, -0.25) is 0 Å². The van der Waals surface area contributed by atoms with E-state index in [4.69, 9.17) is 9.88 Å². The molecular formula is C7H17NO3S. The van der Waals surface area contributed by atoms with E-state index in [9.17, 15) is 8.42 Å². The van der Waals surface area contributed by atoms with Crippen molar-refractivity contribution >= 4 is 10.0 Å². The van der Waals surface area contributed by atoms with Crippen molar-refractivity contribution in [3.8, 4) is 0 Å². The second-order valence-corrected chi connectivity index (χ2v) is 5.55. The molecule has 0 heterocycles. The van der Waals surface area contributed by atoms with Gasteiger partial charge in [0.25, 0.3) is 0 Å². The first-order valence-corrected chi connectivity index (χ1v) is 5.37. The van der Waals surface area contributed by atoms with Crippen molar-refractivity contribution in [2.24, 2.45) is 5.14 Å². The lowest BCUT2D eigenvalue weighted by Gasteiger charge is -2.25. The zero-order chi connectivity index (χ0) is 9.99. The third kappa shape index (κ3) is 4.04. The van der Waals surface area contributed by atoms with Crippen LogP contribution in [0.25, 0.3) is 0 Å². The van der Waals surface area contributed by atoms with Crippen molar-refractivity contribution in [3.63, 3.8) is 0 Å². The van der Waals surface area contributed by atoms with E-state index in [1.165, 1.54) is 0 Å². The summed E-state index contributed by atoms with van der Waals surface area (Å²) in [7, 11) is -1.87. The predicted octanol–water partition coefficient (Wildman–Crippen LogP) is 0.479. The molecule has 12 heavy (non-hydrogen) atoms. The minimum atomic E-state index is -3.43. The lowest BCUT2D eigenvalue weighted by molar-refractivity contribution is 0.0156. The summed E-state index contributed by atoms with van der Waals surface area (Å²) in [6, 6.07) is 0. The molecule has 74 valence electrons. The fourth-order valence-electron chi connectivity index (χ4n) is 0.892. The molecule has 0 aliphatic rings. The Kier molecular flexibility index (Phi) is 3.68. The molecule has 0 spiro atoms. The molecule has 0 saturated carbocycles. The highest BCUT2D eigenvalue weighted by Gasteiger charge is 2.26. The average molecular weight is 195 g/mol. The van der Waals surface area contributed by atoms with E-state index in [2.05, 4.69) is 0 Å². The molecule has 0 aliphatic heterocycles. The highest BCUT2D eigenvalue weighted by atomic mass is 32.2. The Morgan fingerprint density at radius 1 is 1.50 bits per heavy atom. The molecule has 0 fully saturated rings. The highest BCUT2D eigenvalue weighted by Crippen LogP contribution is 2.18. The molecule has 0 aromatic carbocycles. The molecule has 1 unspecified atom stereocenters. The van der Waals surface area contributed by atoms with Crippen molar-refractivity contribution in [1.29, 1.82) is 0 Å². The van der Waals surface area contributed by atoms with Gasteiger partial charge in [0.05, 0.1) is 10.9 Å². The minimum Gasteiger partial charge on any atom is -0.379 e. The van der Waals surface area contributed by atoms with E-state index in [0.717, 1.165) is 0 Å². The van der Waals surface area contributed by atoms with Crippen LogP contribution in [-0.2, 0) is 14.8 Å². The quantitative estimate of drug-likeness (QED) is 0.709. The van der Waals surface area contributed by atoms with E-state index in [1.54, 1.807) is 14.0 Å². The summed E-state index contributed by atoms with van der Waals surface area (Å²) in [5.41, 5.74) is -0.439. The van der Waals surface area contributed by atoms with Crippen molar-refractivity contribution < 1.29 is 13.2 Å². The molecule has 2 N–H and O–H groups in total. The molecule has 0 saturated heterocycles. The van der Waals surface area contributed by atoms with Crippen LogP contribution in [0.1, 0.15) is 27.2 Å².